The molecular formula is C24H25FN6S. The minimum atomic E-state index is -0.170. The van der Waals surface area contributed by atoms with E-state index in [-0.39, 0.29) is 11.9 Å². The third kappa shape index (κ3) is 4.28. The average Bonchev–Trinajstić information content (AvgIpc) is 3.49. The van der Waals surface area contributed by atoms with Crippen molar-refractivity contribution in [3.63, 3.8) is 0 Å². The van der Waals surface area contributed by atoms with E-state index < -0.39 is 0 Å². The summed E-state index contributed by atoms with van der Waals surface area (Å²) < 4.78 is 16.2. The SMILES string of the molecule is Cc1ccc(C(c2nnnn2Cc2cccs2)N2CCN(c3ccccc3F)CC2)cc1. The van der Waals surface area contributed by atoms with Crippen molar-refractivity contribution in [3.05, 3.63) is 93.7 Å². The molecule has 1 saturated heterocycles. The Morgan fingerprint density at radius 3 is 2.47 bits per heavy atom. The predicted octanol–water partition coefficient (Wildman–Crippen LogP) is 4.14. The molecule has 4 aromatic rings. The average molecular weight is 449 g/mol. The summed E-state index contributed by atoms with van der Waals surface area (Å²) in [6, 6.07) is 19.7. The van der Waals surface area contributed by atoms with Gasteiger partial charge in [-0.05, 0) is 46.5 Å². The van der Waals surface area contributed by atoms with Gasteiger partial charge >= 0.3 is 0 Å². The fraction of sp³-hybridized carbons (Fsp3) is 0.292. The van der Waals surface area contributed by atoms with Crippen LogP contribution in [0.4, 0.5) is 10.1 Å². The van der Waals surface area contributed by atoms with E-state index in [0.29, 0.717) is 12.2 Å². The number of halogens is 1. The number of aryl methyl sites for hydroxylation is 1. The molecule has 3 heterocycles. The van der Waals surface area contributed by atoms with Gasteiger partial charge in [0.2, 0.25) is 0 Å². The second-order valence-corrected chi connectivity index (χ2v) is 9.09. The Bertz CT molecular complexity index is 1150. The Balaban J connectivity index is 1.43. The van der Waals surface area contributed by atoms with Gasteiger partial charge in [-0.25, -0.2) is 9.07 Å². The van der Waals surface area contributed by atoms with Crippen LogP contribution in [0.3, 0.4) is 0 Å². The van der Waals surface area contributed by atoms with E-state index in [4.69, 9.17) is 0 Å². The minimum Gasteiger partial charge on any atom is -0.367 e. The summed E-state index contributed by atoms with van der Waals surface area (Å²) in [6.07, 6.45) is 0. The Hall–Kier alpha value is -3.10. The van der Waals surface area contributed by atoms with E-state index in [1.54, 1.807) is 17.4 Å². The van der Waals surface area contributed by atoms with E-state index in [2.05, 4.69) is 68.0 Å². The zero-order valence-electron chi connectivity index (χ0n) is 17.9. The highest BCUT2D eigenvalue weighted by Crippen LogP contribution is 2.30. The fourth-order valence-electron chi connectivity index (χ4n) is 4.27. The molecule has 0 bridgehead atoms. The van der Waals surface area contributed by atoms with Crippen molar-refractivity contribution >= 4 is 17.0 Å². The van der Waals surface area contributed by atoms with Crippen LogP contribution in [0.1, 0.15) is 27.9 Å². The summed E-state index contributed by atoms with van der Waals surface area (Å²) in [5, 5.41) is 14.8. The quantitative estimate of drug-likeness (QED) is 0.444. The van der Waals surface area contributed by atoms with Gasteiger partial charge in [-0.1, -0.05) is 48.0 Å². The van der Waals surface area contributed by atoms with Gasteiger partial charge in [-0.2, -0.15) is 0 Å². The maximum Gasteiger partial charge on any atom is 0.173 e. The maximum absolute atomic E-state index is 14.3. The highest BCUT2D eigenvalue weighted by atomic mass is 32.1. The molecule has 2 aromatic heterocycles. The number of aromatic nitrogens is 4. The smallest absolute Gasteiger partial charge is 0.173 e. The molecule has 1 aliphatic rings. The van der Waals surface area contributed by atoms with Crippen molar-refractivity contribution in [1.82, 2.24) is 25.1 Å². The van der Waals surface area contributed by atoms with Gasteiger partial charge in [0.15, 0.2) is 5.82 Å². The lowest BCUT2D eigenvalue weighted by Crippen LogP contribution is -2.48. The van der Waals surface area contributed by atoms with Crippen LogP contribution in [0.15, 0.2) is 66.0 Å². The summed E-state index contributed by atoms with van der Waals surface area (Å²) in [4.78, 5) is 5.73. The normalized spacial score (nSPS) is 15.8. The zero-order valence-corrected chi connectivity index (χ0v) is 18.7. The summed E-state index contributed by atoms with van der Waals surface area (Å²) in [6.45, 7) is 5.81. The van der Waals surface area contributed by atoms with Crippen LogP contribution in [0.5, 0.6) is 0 Å². The molecule has 5 rings (SSSR count). The first-order chi connectivity index (χ1) is 15.7. The summed E-state index contributed by atoms with van der Waals surface area (Å²) >= 11 is 1.70. The van der Waals surface area contributed by atoms with Gasteiger partial charge < -0.3 is 4.90 Å². The van der Waals surface area contributed by atoms with Gasteiger partial charge in [0, 0.05) is 31.1 Å². The Labute approximate surface area is 190 Å². The van der Waals surface area contributed by atoms with E-state index >= 15 is 0 Å². The number of thiophene rings is 1. The van der Waals surface area contributed by atoms with Crippen molar-refractivity contribution in [2.45, 2.75) is 19.5 Å². The third-order valence-electron chi connectivity index (χ3n) is 5.96. The van der Waals surface area contributed by atoms with Gasteiger partial charge in [0.25, 0.3) is 0 Å². The van der Waals surface area contributed by atoms with Crippen LogP contribution in [-0.2, 0) is 6.54 Å². The van der Waals surface area contributed by atoms with Crippen LogP contribution < -0.4 is 4.90 Å². The highest BCUT2D eigenvalue weighted by molar-refractivity contribution is 7.09. The maximum atomic E-state index is 14.3. The molecule has 0 radical (unpaired) electrons. The van der Waals surface area contributed by atoms with E-state index in [0.717, 1.165) is 37.6 Å². The fourth-order valence-corrected chi connectivity index (χ4v) is 4.96. The molecule has 1 unspecified atom stereocenters. The van der Waals surface area contributed by atoms with E-state index in [1.165, 1.54) is 16.5 Å². The topological polar surface area (TPSA) is 50.1 Å². The number of hydrogen-bond acceptors (Lipinski definition) is 6. The van der Waals surface area contributed by atoms with Crippen molar-refractivity contribution < 1.29 is 4.39 Å². The molecule has 0 N–H and O–H groups in total. The number of tetrazole rings is 1. The lowest BCUT2D eigenvalue weighted by Gasteiger charge is -2.40. The molecule has 8 heteroatoms. The molecule has 0 spiro atoms. The number of piperazine rings is 1. The van der Waals surface area contributed by atoms with Gasteiger partial charge in [0.05, 0.1) is 18.3 Å². The Morgan fingerprint density at radius 2 is 1.75 bits per heavy atom. The molecule has 1 fully saturated rings. The Morgan fingerprint density at radius 1 is 0.969 bits per heavy atom. The number of benzene rings is 2. The van der Waals surface area contributed by atoms with E-state index in [9.17, 15) is 4.39 Å². The number of nitrogens with zero attached hydrogens (tertiary/aromatic N) is 6. The third-order valence-corrected chi connectivity index (χ3v) is 6.82. The summed E-state index contributed by atoms with van der Waals surface area (Å²) in [5.74, 6) is 0.664. The monoisotopic (exact) mass is 448 g/mol. The van der Waals surface area contributed by atoms with E-state index in [1.807, 2.05) is 22.9 Å². The number of anilines is 1. The lowest BCUT2D eigenvalue weighted by atomic mass is 10.0. The predicted molar refractivity (Wildman–Crippen MR) is 124 cm³/mol. The second-order valence-electron chi connectivity index (χ2n) is 8.06. The van der Waals surface area contributed by atoms with Crippen LogP contribution in [0.25, 0.3) is 0 Å². The standard InChI is InChI=1S/C24H25FN6S/c1-18-8-10-19(11-9-18)23(24-26-27-28-31(24)17-20-5-4-16-32-20)30-14-12-29(13-15-30)22-7-3-2-6-21(22)25/h2-11,16,23H,12-15,17H2,1H3. The molecule has 1 atom stereocenters. The second kappa shape index (κ2) is 9.18. The lowest BCUT2D eigenvalue weighted by molar-refractivity contribution is 0.201. The van der Waals surface area contributed by atoms with Crippen molar-refractivity contribution in [2.24, 2.45) is 0 Å². The van der Waals surface area contributed by atoms with Crippen LogP contribution in [0, 0.1) is 12.7 Å². The van der Waals surface area contributed by atoms with Gasteiger partial charge in [0.1, 0.15) is 5.82 Å². The molecule has 164 valence electrons. The zero-order chi connectivity index (χ0) is 21.9. The van der Waals surface area contributed by atoms with Crippen LogP contribution >= 0.6 is 11.3 Å². The molecule has 0 saturated carbocycles. The summed E-state index contributed by atoms with van der Waals surface area (Å²) in [5.41, 5.74) is 3.05. The van der Waals surface area contributed by atoms with Gasteiger partial charge in [-0.3, -0.25) is 4.90 Å². The van der Waals surface area contributed by atoms with Gasteiger partial charge in [-0.15, -0.1) is 16.4 Å². The van der Waals surface area contributed by atoms with Crippen molar-refractivity contribution in [3.8, 4) is 0 Å². The van der Waals surface area contributed by atoms with Crippen LogP contribution in [0.2, 0.25) is 0 Å². The number of para-hydroxylation sites is 1. The molecule has 0 amide bonds. The summed E-state index contributed by atoms with van der Waals surface area (Å²) in [7, 11) is 0. The van der Waals surface area contributed by atoms with Crippen molar-refractivity contribution in [1.29, 1.82) is 0 Å². The highest BCUT2D eigenvalue weighted by Gasteiger charge is 2.31. The molecule has 0 aliphatic carbocycles. The largest absolute Gasteiger partial charge is 0.367 e. The first kappa shape index (κ1) is 20.8. The number of hydrogen-bond donors (Lipinski definition) is 0. The number of rotatable bonds is 6. The first-order valence-corrected chi connectivity index (χ1v) is 11.7. The first-order valence-electron chi connectivity index (χ1n) is 10.8. The minimum absolute atomic E-state index is 0.0617. The van der Waals surface area contributed by atoms with Crippen LogP contribution in [-0.4, -0.2) is 51.3 Å². The Kier molecular flexibility index (Phi) is 5.96. The molecule has 2 aromatic carbocycles. The molecule has 1 aliphatic heterocycles. The molecule has 32 heavy (non-hydrogen) atoms. The van der Waals surface area contributed by atoms with Crippen molar-refractivity contribution in [2.75, 3.05) is 31.1 Å². The molecule has 6 nitrogen and oxygen atoms in total. The molecular weight excluding hydrogens is 423 g/mol.